The van der Waals surface area contributed by atoms with Crippen molar-refractivity contribution in [2.45, 2.75) is 32.5 Å². The maximum atomic E-state index is 5.76. The number of nitrogens with one attached hydrogen (secondary N) is 1. The van der Waals surface area contributed by atoms with Gasteiger partial charge in [0, 0.05) is 43.2 Å². The summed E-state index contributed by atoms with van der Waals surface area (Å²) in [4.78, 5) is 13.7. The maximum Gasteiger partial charge on any atom is 0.169 e. The smallest absolute Gasteiger partial charge is 0.169 e. The fourth-order valence-corrected chi connectivity index (χ4v) is 4.81. The number of hydrogen-bond acceptors (Lipinski definition) is 6. The van der Waals surface area contributed by atoms with Crippen LogP contribution in [0.1, 0.15) is 19.4 Å². The van der Waals surface area contributed by atoms with Crippen molar-refractivity contribution in [3.8, 4) is 11.5 Å². The second-order valence-electron chi connectivity index (χ2n) is 8.08. The second kappa shape index (κ2) is 9.56. The summed E-state index contributed by atoms with van der Waals surface area (Å²) in [6.07, 6.45) is 1.61. The molecule has 2 aromatic carbocycles. The van der Waals surface area contributed by atoms with E-state index in [2.05, 4.69) is 51.1 Å². The van der Waals surface area contributed by atoms with Gasteiger partial charge in [0.2, 0.25) is 0 Å². The number of piperazine rings is 1. The Kier molecular flexibility index (Phi) is 6.60. The first kappa shape index (κ1) is 22.1. The molecule has 2 atom stereocenters. The highest BCUT2D eigenvalue weighted by atomic mass is 32.1. The highest BCUT2D eigenvalue weighted by Crippen LogP contribution is 2.35. The molecule has 32 heavy (non-hydrogen) atoms. The molecule has 7 nitrogen and oxygen atoms in total. The van der Waals surface area contributed by atoms with E-state index >= 15 is 0 Å². The lowest BCUT2D eigenvalue weighted by Gasteiger charge is -2.46. The number of rotatable bonds is 5. The molecule has 1 aliphatic rings. The number of nitrogens with zero attached hydrogens (tertiary/aromatic N) is 4. The molecule has 1 aromatic heterocycles. The summed E-state index contributed by atoms with van der Waals surface area (Å²) in [7, 11) is 3.27. The number of fused-ring (bicyclic) bond motifs is 1. The van der Waals surface area contributed by atoms with Gasteiger partial charge in [0.25, 0.3) is 0 Å². The van der Waals surface area contributed by atoms with Crippen LogP contribution in [0.25, 0.3) is 10.9 Å². The van der Waals surface area contributed by atoms with Crippen LogP contribution in [0.5, 0.6) is 11.5 Å². The predicted octanol–water partition coefficient (Wildman–Crippen LogP) is 3.62. The molecule has 0 radical (unpaired) electrons. The van der Waals surface area contributed by atoms with E-state index in [4.69, 9.17) is 21.7 Å². The number of anilines is 1. The van der Waals surface area contributed by atoms with Crippen molar-refractivity contribution in [1.29, 1.82) is 0 Å². The molecule has 0 bridgehead atoms. The molecule has 0 spiro atoms. The number of aromatic nitrogens is 2. The van der Waals surface area contributed by atoms with Crippen LogP contribution in [-0.2, 0) is 6.54 Å². The zero-order valence-electron chi connectivity index (χ0n) is 18.9. The Bertz CT molecular complexity index is 1080. The Hall–Kier alpha value is -3.13. The van der Waals surface area contributed by atoms with Crippen LogP contribution in [0, 0.1) is 0 Å². The molecule has 0 saturated carbocycles. The number of benzene rings is 2. The fourth-order valence-electron chi connectivity index (χ4n) is 4.38. The van der Waals surface area contributed by atoms with Gasteiger partial charge in [-0.3, -0.25) is 0 Å². The lowest BCUT2D eigenvalue weighted by Crippen LogP contribution is -2.60. The molecule has 0 amide bonds. The van der Waals surface area contributed by atoms with E-state index in [1.165, 1.54) is 5.56 Å². The summed E-state index contributed by atoms with van der Waals surface area (Å²) >= 11 is 5.76. The third-order valence-corrected chi connectivity index (χ3v) is 6.21. The summed E-state index contributed by atoms with van der Waals surface area (Å²) in [5.74, 6) is 2.23. The van der Waals surface area contributed by atoms with E-state index < -0.39 is 0 Å². The lowest BCUT2D eigenvalue weighted by molar-refractivity contribution is 0.225. The molecule has 0 aliphatic carbocycles. The molecule has 1 N–H and O–H groups in total. The van der Waals surface area contributed by atoms with Crippen LogP contribution in [0.15, 0.2) is 48.8 Å². The summed E-state index contributed by atoms with van der Waals surface area (Å²) in [5, 5.41) is 5.16. The first-order valence-corrected chi connectivity index (χ1v) is 11.1. The van der Waals surface area contributed by atoms with Gasteiger partial charge < -0.3 is 24.6 Å². The Morgan fingerprint density at radius 2 is 1.69 bits per heavy atom. The molecule has 3 aromatic rings. The lowest BCUT2D eigenvalue weighted by atomic mass is 10.1. The largest absolute Gasteiger partial charge is 0.493 e. The molecule has 1 fully saturated rings. The SMILES string of the molecule is COc1cc2ncnc(N3C[C@@H](C)N(C(=S)NCc4ccccc4)[C@@H](C)C3)c2cc1OC. The van der Waals surface area contributed by atoms with Crippen molar-refractivity contribution in [2.75, 3.05) is 32.2 Å². The molecule has 0 unspecified atom stereocenters. The Morgan fingerprint density at radius 3 is 2.34 bits per heavy atom. The van der Waals surface area contributed by atoms with Gasteiger partial charge in [-0.05, 0) is 37.7 Å². The van der Waals surface area contributed by atoms with Crippen LogP contribution in [0.2, 0.25) is 0 Å². The fraction of sp³-hybridized carbons (Fsp3) is 0.375. The van der Waals surface area contributed by atoms with Crippen molar-refractivity contribution in [2.24, 2.45) is 0 Å². The molecule has 8 heteroatoms. The van der Waals surface area contributed by atoms with Gasteiger partial charge in [-0.15, -0.1) is 0 Å². The van der Waals surface area contributed by atoms with Gasteiger partial charge in [-0.1, -0.05) is 30.3 Å². The van der Waals surface area contributed by atoms with E-state index in [9.17, 15) is 0 Å². The average Bonchev–Trinajstić information content (AvgIpc) is 2.81. The minimum Gasteiger partial charge on any atom is -0.493 e. The van der Waals surface area contributed by atoms with Crippen LogP contribution in [0.3, 0.4) is 0 Å². The highest BCUT2D eigenvalue weighted by molar-refractivity contribution is 7.80. The van der Waals surface area contributed by atoms with E-state index in [0.29, 0.717) is 11.5 Å². The summed E-state index contributed by atoms with van der Waals surface area (Å²) in [5.41, 5.74) is 2.04. The third kappa shape index (κ3) is 4.41. The van der Waals surface area contributed by atoms with Crippen molar-refractivity contribution in [1.82, 2.24) is 20.2 Å². The predicted molar refractivity (Wildman–Crippen MR) is 131 cm³/mol. The first-order chi connectivity index (χ1) is 15.5. The number of ether oxygens (including phenoxy) is 2. The van der Waals surface area contributed by atoms with Gasteiger partial charge in [-0.25, -0.2) is 9.97 Å². The summed E-state index contributed by atoms with van der Waals surface area (Å²) in [6, 6.07) is 14.6. The zero-order chi connectivity index (χ0) is 22.7. The number of thiocarbonyl (C=S) groups is 1. The standard InChI is InChI=1S/C24H29N5O2S/c1-16-13-28(14-17(2)29(16)24(32)25-12-18-8-6-5-7-9-18)23-19-10-21(30-3)22(31-4)11-20(19)26-15-27-23/h5-11,15-17H,12-14H2,1-4H3,(H,25,32)/t16-,17+. The third-order valence-electron chi connectivity index (χ3n) is 5.86. The Morgan fingerprint density at radius 1 is 1.03 bits per heavy atom. The molecular formula is C24H29N5O2S. The normalized spacial score (nSPS) is 18.5. The van der Waals surface area contributed by atoms with Gasteiger partial charge >= 0.3 is 0 Å². The second-order valence-corrected chi connectivity index (χ2v) is 8.46. The molecule has 1 aliphatic heterocycles. The molecule has 4 rings (SSSR count). The Labute approximate surface area is 194 Å². The van der Waals surface area contributed by atoms with E-state index in [0.717, 1.165) is 41.5 Å². The van der Waals surface area contributed by atoms with Crippen LogP contribution in [0.4, 0.5) is 5.82 Å². The monoisotopic (exact) mass is 451 g/mol. The Balaban J connectivity index is 1.53. The topological polar surface area (TPSA) is 62.8 Å². The number of hydrogen-bond donors (Lipinski definition) is 1. The average molecular weight is 452 g/mol. The van der Waals surface area contributed by atoms with Gasteiger partial charge in [0.1, 0.15) is 12.1 Å². The first-order valence-electron chi connectivity index (χ1n) is 10.7. The van der Waals surface area contributed by atoms with E-state index in [1.807, 2.05) is 30.3 Å². The van der Waals surface area contributed by atoms with Crippen LogP contribution < -0.4 is 19.7 Å². The van der Waals surface area contributed by atoms with Crippen LogP contribution in [-0.4, -0.2) is 59.4 Å². The summed E-state index contributed by atoms with van der Waals surface area (Å²) < 4.78 is 10.9. The molecule has 2 heterocycles. The molecule has 1 saturated heterocycles. The molecule has 168 valence electrons. The van der Waals surface area contributed by atoms with E-state index in [1.54, 1.807) is 20.5 Å². The zero-order valence-corrected chi connectivity index (χ0v) is 19.7. The minimum atomic E-state index is 0.222. The van der Waals surface area contributed by atoms with Crippen molar-refractivity contribution in [3.05, 3.63) is 54.4 Å². The minimum absolute atomic E-state index is 0.222. The van der Waals surface area contributed by atoms with Crippen molar-refractivity contribution >= 4 is 34.1 Å². The van der Waals surface area contributed by atoms with Crippen molar-refractivity contribution < 1.29 is 9.47 Å². The van der Waals surface area contributed by atoms with E-state index in [-0.39, 0.29) is 12.1 Å². The van der Waals surface area contributed by atoms with Gasteiger partial charge in [0.15, 0.2) is 16.6 Å². The maximum absolute atomic E-state index is 5.76. The van der Waals surface area contributed by atoms with Crippen molar-refractivity contribution in [3.63, 3.8) is 0 Å². The van der Waals surface area contributed by atoms with Gasteiger partial charge in [0.05, 0.1) is 19.7 Å². The summed E-state index contributed by atoms with van der Waals surface area (Å²) in [6.45, 7) is 6.73. The number of methoxy groups -OCH3 is 2. The highest BCUT2D eigenvalue weighted by Gasteiger charge is 2.32. The van der Waals surface area contributed by atoms with Gasteiger partial charge in [-0.2, -0.15) is 0 Å². The van der Waals surface area contributed by atoms with Crippen LogP contribution >= 0.6 is 12.2 Å². The molecular weight excluding hydrogens is 422 g/mol. The quantitative estimate of drug-likeness (QED) is 0.590.